The maximum atomic E-state index is 12.3. The Labute approximate surface area is 166 Å². The molecule has 2 aromatic carbocycles. The fraction of sp³-hybridized carbons (Fsp3) is 0.238. The van der Waals surface area contributed by atoms with Crippen molar-refractivity contribution in [3.05, 3.63) is 58.6 Å². The Bertz CT molecular complexity index is 1060. The summed E-state index contributed by atoms with van der Waals surface area (Å²) in [5.74, 6) is -0.883. The lowest BCUT2D eigenvalue weighted by atomic mass is 10.1. The fourth-order valence-corrected chi connectivity index (χ4v) is 4.32. The van der Waals surface area contributed by atoms with Crippen LogP contribution < -0.4 is 5.32 Å². The summed E-state index contributed by atoms with van der Waals surface area (Å²) in [7, 11) is 1.44. The molecule has 1 aliphatic heterocycles. The van der Waals surface area contributed by atoms with Crippen LogP contribution in [0.25, 0.3) is 10.2 Å². The van der Waals surface area contributed by atoms with Gasteiger partial charge >= 0.3 is 0 Å². The molecule has 0 aliphatic carbocycles. The van der Waals surface area contributed by atoms with Gasteiger partial charge < -0.3 is 5.32 Å². The van der Waals surface area contributed by atoms with E-state index < -0.39 is 0 Å². The minimum atomic E-state index is -0.383. The van der Waals surface area contributed by atoms with Crippen LogP contribution in [0.5, 0.6) is 0 Å². The molecule has 1 aromatic heterocycles. The summed E-state index contributed by atoms with van der Waals surface area (Å²) in [6.45, 7) is 0. The standard InChI is InChI=1S/C21H19N3O3S/c1-24-20(26)13-7-6-9-15(19(13)21(24)27)22-17(25)11-4-5-12-18-23-14-8-2-3-10-16(14)28-18/h2-3,6-10H,4-5,11-12H2,1H3,(H,22,25). The third-order valence-electron chi connectivity index (χ3n) is 4.77. The van der Waals surface area contributed by atoms with Gasteiger partial charge in [-0.3, -0.25) is 19.3 Å². The van der Waals surface area contributed by atoms with Crippen molar-refractivity contribution in [3.63, 3.8) is 0 Å². The Hall–Kier alpha value is -3.06. The van der Waals surface area contributed by atoms with Crippen molar-refractivity contribution in [1.29, 1.82) is 0 Å². The first kappa shape index (κ1) is 18.3. The first-order valence-electron chi connectivity index (χ1n) is 9.14. The molecule has 7 heteroatoms. The van der Waals surface area contributed by atoms with Gasteiger partial charge in [-0.1, -0.05) is 18.2 Å². The molecule has 1 N–H and O–H groups in total. The van der Waals surface area contributed by atoms with E-state index in [-0.39, 0.29) is 23.3 Å². The molecule has 0 bridgehead atoms. The molecule has 2 heterocycles. The molecule has 6 nitrogen and oxygen atoms in total. The van der Waals surface area contributed by atoms with Gasteiger partial charge in [0.05, 0.1) is 32.0 Å². The summed E-state index contributed by atoms with van der Waals surface area (Å²) in [4.78, 5) is 42.3. The van der Waals surface area contributed by atoms with Crippen LogP contribution in [0.4, 0.5) is 5.69 Å². The van der Waals surface area contributed by atoms with Gasteiger partial charge in [0.25, 0.3) is 11.8 Å². The molecular weight excluding hydrogens is 374 g/mol. The zero-order valence-electron chi connectivity index (χ0n) is 15.4. The monoisotopic (exact) mass is 393 g/mol. The molecule has 0 saturated carbocycles. The molecule has 0 fully saturated rings. The van der Waals surface area contributed by atoms with E-state index in [0.717, 1.165) is 34.7 Å². The molecule has 0 unspecified atom stereocenters. The number of fused-ring (bicyclic) bond motifs is 2. The average molecular weight is 393 g/mol. The number of hydrogen-bond donors (Lipinski definition) is 1. The van der Waals surface area contributed by atoms with Crippen molar-refractivity contribution in [2.75, 3.05) is 12.4 Å². The number of unbranched alkanes of at least 4 members (excludes halogenated alkanes) is 1. The number of anilines is 1. The van der Waals surface area contributed by atoms with Crippen LogP contribution in [0.3, 0.4) is 0 Å². The van der Waals surface area contributed by atoms with E-state index in [2.05, 4.69) is 16.4 Å². The van der Waals surface area contributed by atoms with Crippen molar-refractivity contribution in [2.45, 2.75) is 25.7 Å². The average Bonchev–Trinajstić information content (AvgIpc) is 3.21. The van der Waals surface area contributed by atoms with Gasteiger partial charge in [0, 0.05) is 13.5 Å². The van der Waals surface area contributed by atoms with Crippen LogP contribution in [0, 0.1) is 0 Å². The number of amides is 3. The van der Waals surface area contributed by atoms with Crippen LogP contribution in [0.2, 0.25) is 0 Å². The molecule has 0 spiro atoms. The minimum Gasteiger partial charge on any atom is -0.325 e. The van der Waals surface area contributed by atoms with Gasteiger partial charge in [0.2, 0.25) is 5.91 Å². The molecule has 3 amide bonds. The summed E-state index contributed by atoms with van der Waals surface area (Å²) in [6.07, 6.45) is 2.78. The van der Waals surface area contributed by atoms with E-state index in [0.29, 0.717) is 17.7 Å². The van der Waals surface area contributed by atoms with E-state index in [1.807, 2.05) is 18.2 Å². The Morgan fingerprint density at radius 2 is 1.89 bits per heavy atom. The van der Waals surface area contributed by atoms with Crippen molar-refractivity contribution < 1.29 is 14.4 Å². The van der Waals surface area contributed by atoms with Crippen molar-refractivity contribution in [1.82, 2.24) is 9.88 Å². The predicted octanol–water partition coefficient (Wildman–Crippen LogP) is 3.87. The number of para-hydroxylation sites is 1. The van der Waals surface area contributed by atoms with Crippen LogP contribution >= 0.6 is 11.3 Å². The number of nitrogens with zero attached hydrogens (tertiary/aromatic N) is 2. The number of aryl methyl sites for hydroxylation is 1. The number of hydrogen-bond acceptors (Lipinski definition) is 5. The number of nitrogens with one attached hydrogen (secondary N) is 1. The highest BCUT2D eigenvalue weighted by atomic mass is 32.1. The quantitative estimate of drug-likeness (QED) is 0.509. The lowest BCUT2D eigenvalue weighted by Gasteiger charge is -2.08. The Morgan fingerprint density at radius 1 is 1.07 bits per heavy atom. The topological polar surface area (TPSA) is 79.4 Å². The molecule has 28 heavy (non-hydrogen) atoms. The van der Waals surface area contributed by atoms with Gasteiger partial charge in [-0.25, -0.2) is 4.98 Å². The van der Waals surface area contributed by atoms with Crippen molar-refractivity contribution >= 4 is 45.0 Å². The number of thiazole rings is 1. The number of imide groups is 1. The molecule has 3 aromatic rings. The third kappa shape index (κ3) is 3.41. The molecule has 0 atom stereocenters. The lowest BCUT2D eigenvalue weighted by molar-refractivity contribution is -0.116. The van der Waals surface area contributed by atoms with E-state index in [1.165, 1.54) is 11.7 Å². The van der Waals surface area contributed by atoms with Gasteiger partial charge in [-0.15, -0.1) is 11.3 Å². The van der Waals surface area contributed by atoms with Gasteiger partial charge in [0.1, 0.15) is 0 Å². The summed E-state index contributed by atoms with van der Waals surface area (Å²) in [6, 6.07) is 13.0. The number of carbonyl (C=O) groups is 3. The molecule has 0 saturated heterocycles. The van der Waals surface area contributed by atoms with Gasteiger partial charge in [-0.05, 0) is 43.5 Å². The van der Waals surface area contributed by atoms with E-state index >= 15 is 0 Å². The van der Waals surface area contributed by atoms with Crippen molar-refractivity contribution in [2.24, 2.45) is 0 Å². The second-order valence-corrected chi connectivity index (χ2v) is 7.84. The highest BCUT2D eigenvalue weighted by Crippen LogP contribution is 2.28. The SMILES string of the molecule is CN1C(=O)c2cccc(NC(=O)CCCCc3nc4ccccc4s3)c2C1=O. The molecule has 142 valence electrons. The molecule has 0 radical (unpaired) electrons. The second kappa shape index (κ2) is 7.52. The zero-order chi connectivity index (χ0) is 19.7. The van der Waals surface area contributed by atoms with Crippen molar-refractivity contribution in [3.8, 4) is 0 Å². The van der Waals surface area contributed by atoms with Crippen LogP contribution in [-0.2, 0) is 11.2 Å². The number of rotatable bonds is 6. The van der Waals surface area contributed by atoms with Gasteiger partial charge in [0.15, 0.2) is 0 Å². The number of aromatic nitrogens is 1. The summed E-state index contributed by atoms with van der Waals surface area (Å²) in [5.41, 5.74) is 2.03. The highest BCUT2D eigenvalue weighted by Gasteiger charge is 2.35. The molecule has 1 aliphatic rings. The van der Waals surface area contributed by atoms with Crippen LogP contribution in [0.15, 0.2) is 42.5 Å². The van der Waals surface area contributed by atoms with E-state index in [1.54, 1.807) is 29.5 Å². The number of benzene rings is 2. The summed E-state index contributed by atoms with van der Waals surface area (Å²) < 4.78 is 1.18. The van der Waals surface area contributed by atoms with Crippen LogP contribution in [0.1, 0.15) is 45.0 Å². The zero-order valence-corrected chi connectivity index (χ0v) is 16.2. The lowest BCUT2D eigenvalue weighted by Crippen LogP contribution is -2.24. The van der Waals surface area contributed by atoms with E-state index in [4.69, 9.17) is 0 Å². The largest absolute Gasteiger partial charge is 0.325 e. The Kier molecular flexibility index (Phi) is 4.92. The fourth-order valence-electron chi connectivity index (χ4n) is 3.31. The first-order valence-corrected chi connectivity index (χ1v) is 9.96. The Balaban J connectivity index is 1.32. The minimum absolute atomic E-state index is 0.160. The normalized spacial score (nSPS) is 13.2. The van der Waals surface area contributed by atoms with Crippen LogP contribution in [-0.4, -0.2) is 34.7 Å². The maximum absolute atomic E-state index is 12.3. The first-order chi connectivity index (χ1) is 13.5. The van der Waals surface area contributed by atoms with E-state index in [9.17, 15) is 14.4 Å². The third-order valence-corrected chi connectivity index (χ3v) is 5.87. The predicted molar refractivity (Wildman–Crippen MR) is 109 cm³/mol. The highest BCUT2D eigenvalue weighted by molar-refractivity contribution is 7.18. The number of carbonyl (C=O) groups excluding carboxylic acids is 3. The van der Waals surface area contributed by atoms with Gasteiger partial charge in [-0.2, -0.15) is 0 Å². The summed E-state index contributed by atoms with van der Waals surface area (Å²) >= 11 is 1.69. The smallest absolute Gasteiger partial charge is 0.263 e. The Morgan fingerprint density at radius 3 is 2.71 bits per heavy atom. The second-order valence-electron chi connectivity index (χ2n) is 6.73. The molecule has 4 rings (SSSR count). The maximum Gasteiger partial charge on any atom is 0.263 e. The molecular formula is C21H19N3O3S. The summed E-state index contributed by atoms with van der Waals surface area (Å²) in [5, 5.41) is 3.86.